The van der Waals surface area contributed by atoms with E-state index in [4.69, 9.17) is 5.73 Å². The lowest BCUT2D eigenvalue weighted by atomic mass is 9.85. The molecule has 3 N–H and O–H groups in total. The molecule has 0 radical (unpaired) electrons. The molecule has 0 amide bonds. The molecule has 0 unspecified atom stereocenters. The fourth-order valence-electron chi connectivity index (χ4n) is 1.70. The summed E-state index contributed by atoms with van der Waals surface area (Å²) in [6, 6.07) is 0. The van der Waals surface area contributed by atoms with E-state index >= 15 is 0 Å². The van der Waals surface area contributed by atoms with Crippen molar-refractivity contribution < 1.29 is 0 Å². The summed E-state index contributed by atoms with van der Waals surface area (Å²) in [6.07, 6.45) is 7.58. The maximum atomic E-state index is 5.78. The van der Waals surface area contributed by atoms with E-state index in [0.29, 0.717) is 12.5 Å². The van der Waals surface area contributed by atoms with Gasteiger partial charge in [-0.25, -0.2) is 9.98 Å². The molecule has 1 aromatic heterocycles. The highest BCUT2D eigenvalue weighted by Crippen LogP contribution is 2.24. The molecular formula is C11H20IN5. The average Bonchev–Trinajstić information content (AvgIpc) is 2.59. The van der Waals surface area contributed by atoms with Crippen LogP contribution in [0.3, 0.4) is 0 Å². The SMILES string of the molecule is Cn1cncc1CN=C(N)NCC1CCC1.I. The third-order valence-electron chi connectivity index (χ3n) is 3.12. The number of nitrogens with two attached hydrogens (primary N) is 1. The van der Waals surface area contributed by atoms with Crippen LogP contribution in [-0.4, -0.2) is 22.1 Å². The molecule has 1 aliphatic rings. The van der Waals surface area contributed by atoms with Crippen molar-refractivity contribution in [2.45, 2.75) is 25.8 Å². The first-order valence-corrected chi connectivity index (χ1v) is 5.74. The van der Waals surface area contributed by atoms with Crippen molar-refractivity contribution in [1.82, 2.24) is 14.9 Å². The minimum atomic E-state index is 0. The summed E-state index contributed by atoms with van der Waals surface area (Å²) in [5.41, 5.74) is 6.84. The number of nitrogens with one attached hydrogen (secondary N) is 1. The van der Waals surface area contributed by atoms with Crippen LogP contribution >= 0.6 is 24.0 Å². The lowest BCUT2D eigenvalue weighted by Crippen LogP contribution is -2.37. The summed E-state index contributed by atoms with van der Waals surface area (Å²) < 4.78 is 1.95. The topological polar surface area (TPSA) is 68.2 Å². The molecule has 2 rings (SSSR count). The number of hydrogen-bond acceptors (Lipinski definition) is 2. The van der Waals surface area contributed by atoms with Gasteiger partial charge < -0.3 is 15.6 Å². The minimum absolute atomic E-state index is 0. The van der Waals surface area contributed by atoms with Crippen molar-refractivity contribution in [2.75, 3.05) is 6.54 Å². The molecule has 0 aromatic carbocycles. The standard InChI is InChI=1S/C11H19N5.HI/c1-16-8-13-6-10(16)7-15-11(12)14-5-9-3-2-4-9;/h6,8-9H,2-5,7H2,1H3,(H3,12,14,15);1H. The zero-order chi connectivity index (χ0) is 11.4. The van der Waals surface area contributed by atoms with Gasteiger partial charge in [-0.05, 0) is 18.8 Å². The van der Waals surface area contributed by atoms with E-state index < -0.39 is 0 Å². The second-order valence-electron chi connectivity index (χ2n) is 4.38. The molecule has 5 nitrogen and oxygen atoms in total. The van der Waals surface area contributed by atoms with Crippen LogP contribution in [0.4, 0.5) is 0 Å². The molecule has 0 bridgehead atoms. The molecule has 6 heteroatoms. The Balaban J connectivity index is 0.00000144. The van der Waals surface area contributed by atoms with Crippen LogP contribution in [0.2, 0.25) is 0 Å². The summed E-state index contributed by atoms with van der Waals surface area (Å²) in [5.74, 6) is 1.33. The molecule has 1 saturated carbocycles. The van der Waals surface area contributed by atoms with Crippen LogP contribution in [0.1, 0.15) is 25.0 Å². The quantitative estimate of drug-likeness (QED) is 0.488. The van der Waals surface area contributed by atoms with Crippen molar-refractivity contribution in [3.05, 3.63) is 18.2 Å². The smallest absolute Gasteiger partial charge is 0.188 e. The molecule has 1 fully saturated rings. The lowest BCUT2D eigenvalue weighted by molar-refractivity contribution is 0.315. The highest BCUT2D eigenvalue weighted by molar-refractivity contribution is 14.0. The van der Waals surface area contributed by atoms with Gasteiger partial charge in [0.05, 0.1) is 24.8 Å². The van der Waals surface area contributed by atoms with Gasteiger partial charge in [-0.3, -0.25) is 0 Å². The van der Waals surface area contributed by atoms with Crippen LogP contribution in [0, 0.1) is 5.92 Å². The van der Waals surface area contributed by atoms with E-state index in [1.165, 1.54) is 19.3 Å². The number of imidazole rings is 1. The van der Waals surface area contributed by atoms with Crippen LogP contribution in [0.25, 0.3) is 0 Å². The largest absolute Gasteiger partial charge is 0.370 e. The van der Waals surface area contributed by atoms with Crippen LogP contribution in [0.5, 0.6) is 0 Å². The van der Waals surface area contributed by atoms with Crippen molar-refractivity contribution in [2.24, 2.45) is 23.7 Å². The molecule has 1 heterocycles. The molecular weight excluding hydrogens is 329 g/mol. The molecule has 1 aliphatic carbocycles. The van der Waals surface area contributed by atoms with Gasteiger partial charge in [0.15, 0.2) is 5.96 Å². The number of aromatic nitrogens is 2. The summed E-state index contributed by atoms with van der Waals surface area (Å²) in [6.45, 7) is 1.54. The maximum absolute atomic E-state index is 5.78. The Labute approximate surface area is 119 Å². The van der Waals surface area contributed by atoms with Crippen LogP contribution in [0.15, 0.2) is 17.5 Å². The Morgan fingerprint density at radius 3 is 2.94 bits per heavy atom. The number of aliphatic imine (C=N–C) groups is 1. The Morgan fingerprint density at radius 1 is 1.65 bits per heavy atom. The van der Waals surface area contributed by atoms with Crippen molar-refractivity contribution in [3.63, 3.8) is 0 Å². The second kappa shape index (κ2) is 6.83. The zero-order valence-corrected chi connectivity index (χ0v) is 12.4. The van der Waals surface area contributed by atoms with Crippen molar-refractivity contribution in [3.8, 4) is 0 Å². The minimum Gasteiger partial charge on any atom is -0.370 e. The number of nitrogens with zero attached hydrogens (tertiary/aromatic N) is 3. The van der Waals surface area contributed by atoms with Gasteiger partial charge >= 0.3 is 0 Å². The second-order valence-corrected chi connectivity index (χ2v) is 4.38. The van der Waals surface area contributed by atoms with E-state index in [1.807, 2.05) is 17.8 Å². The van der Waals surface area contributed by atoms with E-state index in [9.17, 15) is 0 Å². The maximum Gasteiger partial charge on any atom is 0.188 e. The molecule has 0 atom stereocenters. The summed E-state index contributed by atoms with van der Waals surface area (Å²) in [4.78, 5) is 8.31. The summed E-state index contributed by atoms with van der Waals surface area (Å²) in [7, 11) is 1.95. The molecule has 0 spiro atoms. The highest BCUT2D eigenvalue weighted by Gasteiger charge is 2.16. The fourth-order valence-corrected chi connectivity index (χ4v) is 1.70. The van der Waals surface area contributed by atoms with E-state index in [-0.39, 0.29) is 24.0 Å². The number of hydrogen-bond donors (Lipinski definition) is 2. The van der Waals surface area contributed by atoms with Gasteiger partial charge in [0.2, 0.25) is 0 Å². The van der Waals surface area contributed by atoms with Gasteiger partial charge in [0.25, 0.3) is 0 Å². The monoisotopic (exact) mass is 349 g/mol. The molecule has 0 saturated heterocycles. The average molecular weight is 349 g/mol. The van der Waals surface area contributed by atoms with Gasteiger partial charge in [-0.15, -0.1) is 24.0 Å². The third-order valence-corrected chi connectivity index (χ3v) is 3.12. The first kappa shape index (κ1) is 14.3. The van der Waals surface area contributed by atoms with E-state index in [2.05, 4.69) is 15.3 Å². The number of rotatable bonds is 4. The fraction of sp³-hybridized carbons (Fsp3) is 0.636. The first-order valence-electron chi connectivity index (χ1n) is 5.74. The normalized spacial score (nSPS) is 16.2. The van der Waals surface area contributed by atoms with Gasteiger partial charge in [0, 0.05) is 13.6 Å². The van der Waals surface area contributed by atoms with Gasteiger partial charge in [-0.2, -0.15) is 0 Å². The van der Waals surface area contributed by atoms with Crippen molar-refractivity contribution >= 4 is 29.9 Å². The number of guanidine groups is 1. The van der Waals surface area contributed by atoms with E-state index in [1.54, 1.807) is 6.33 Å². The van der Waals surface area contributed by atoms with E-state index in [0.717, 1.165) is 18.2 Å². The predicted molar refractivity (Wildman–Crippen MR) is 79.3 cm³/mol. The number of halogens is 1. The Morgan fingerprint density at radius 2 is 2.41 bits per heavy atom. The van der Waals surface area contributed by atoms with Gasteiger partial charge in [-0.1, -0.05) is 6.42 Å². The first-order chi connectivity index (χ1) is 7.75. The number of aryl methyl sites for hydroxylation is 1. The summed E-state index contributed by atoms with van der Waals surface area (Å²) in [5, 5.41) is 3.16. The Bertz CT molecular complexity index is 370. The van der Waals surface area contributed by atoms with Crippen LogP contribution in [-0.2, 0) is 13.6 Å². The predicted octanol–water partition coefficient (Wildman–Crippen LogP) is 1.24. The Hall–Kier alpha value is -0.790. The van der Waals surface area contributed by atoms with Gasteiger partial charge in [0.1, 0.15) is 0 Å². The zero-order valence-electron chi connectivity index (χ0n) is 10.1. The molecule has 96 valence electrons. The summed E-state index contributed by atoms with van der Waals surface area (Å²) >= 11 is 0. The lowest BCUT2D eigenvalue weighted by Gasteiger charge is -2.25. The third kappa shape index (κ3) is 4.18. The molecule has 17 heavy (non-hydrogen) atoms. The van der Waals surface area contributed by atoms with Crippen LogP contribution < -0.4 is 11.1 Å². The van der Waals surface area contributed by atoms with Crippen molar-refractivity contribution in [1.29, 1.82) is 0 Å². The molecule has 0 aliphatic heterocycles. The molecule has 1 aromatic rings. The Kier molecular flexibility index (Phi) is 5.73. The highest BCUT2D eigenvalue weighted by atomic mass is 127.